The highest BCUT2D eigenvalue weighted by Crippen LogP contribution is 2.29. The molecule has 0 N–H and O–H groups in total. The van der Waals surface area contributed by atoms with Crippen molar-refractivity contribution >= 4 is 12.0 Å². The number of para-hydroxylation sites is 1. The zero-order valence-electron chi connectivity index (χ0n) is 15.1. The van der Waals surface area contributed by atoms with Gasteiger partial charge in [0.25, 0.3) is 0 Å². The Morgan fingerprint density at radius 2 is 1.89 bits per heavy atom. The minimum absolute atomic E-state index is 0.313. The summed E-state index contributed by atoms with van der Waals surface area (Å²) in [6.45, 7) is 0.332. The largest absolute Gasteiger partial charge is 0.416 e. The second-order valence-corrected chi connectivity index (χ2v) is 6.28. The van der Waals surface area contributed by atoms with Crippen LogP contribution < -0.4 is 0 Å². The van der Waals surface area contributed by atoms with Gasteiger partial charge in [-0.05, 0) is 35.9 Å². The van der Waals surface area contributed by atoms with Gasteiger partial charge < -0.3 is 4.90 Å². The summed E-state index contributed by atoms with van der Waals surface area (Å²) >= 11 is 0. The average molecular weight is 385 g/mol. The van der Waals surface area contributed by atoms with Gasteiger partial charge in [-0.3, -0.25) is 4.79 Å². The third-order valence-electron chi connectivity index (χ3n) is 4.09. The third kappa shape index (κ3) is 4.88. The minimum atomic E-state index is -4.41. The standard InChI is InChI=1S/C21H18F3N3O/c1-26(14-17-13-25-27(15-17)19-8-3-2-4-9-19)20(28)11-10-16-6-5-7-18(12-16)21(22,23)24/h2-13,15H,14H2,1H3/b11-10+. The van der Waals surface area contributed by atoms with Crippen molar-refractivity contribution in [1.82, 2.24) is 14.7 Å². The Morgan fingerprint density at radius 3 is 2.61 bits per heavy atom. The van der Waals surface area contributed by atoms with E-state index in [4.69, 9.17) is 0 Å². The van der Waals surface area contributed by atoms with Gasteiger partial charge in [-0.15, -0.1) is 0 Å². The van der Waals surface area contributed by atoms with Gasteiger partial charge in [0.2, 0.25) is 5.91 Å². The predicted molar refractivity (Wildman–Crippen MR) is 101 cm³/mol. The van der Waals surface area contributed by atoms with Gasteiger partial charge >= 0.3 is 6.18 Å². The summed E-state index contributed by atoms with van der Waals surface area (Å²) in [4.78, 5) is 13.7. The molecule has 1 heterocycles. The molecular weight excluding hydrogens is 367 g/mol. The van der Waals surface area contributed by atoms with E-state index < -0.39 is 11.7 Å². The maximum Gasteiger partial charge on any atom is 0.416 e. The molecule has 0 spiro atoms. The molecule has 0 saturated carbocycles. The van der Waals surface area contributed by atoms with E-state index >= 15 is 0 Å². The first-order valence-corrected chi connectivity index (χ1v) is 8.52. The molecule has 0 bridgehead atoms. The molecule has 0 unspecified atom stereocenters. The fraction of sp³-hybridized carbons (Fsp3) is 0.143. The first-order chi connectivity index (χ1) is 13.3. The highest BCUT2D eigenvalue weighted by molar-refractivity contribution is 5.91. The van der Waals surface area contributed by atoms with Crippen molar-refractivity contribution in [2.75, 3.05) is 7.05 Å². The van der Waals surface area contributed by atoms with Crippen molar-refractivity contribution < 1.29 is 18.0 Å². The zero-order chi connectivity index (χ0) is 20.1. The molecule has 3 rings (SSSR count). The predicted octanol–water partition coefficient (Wildman–Crippen LogP) is 4.56. The van der Waals surface area contributed by atoms with Crippen LogP contribution in [-0.4, -0.2) is 27.6 Å². The lowest BCUT2D eigenvalue weighted by atomic mass is 10.1. The number of carbonyl (C=O) groups excluding carboxylic acids is 1. The van der Waals surface area contributed by atoms with Crippen LogP contribution >= 0.6 is 0 Å². The van der Waals surface area contributed by atoms with Gasteiger partial charge in [0.05, 0.1) is 17.4 Å². The Balaban J connectivity index is 1.64. The maximum absolute atomic E-state index is 12.8. The van der Waals surface area contributed by atoms with E-state index in [2.05, 4.69) is 5.10 Å². The number of carbonyl (C=O) groups is 1. The van der Waals surface area contributed by atoms with E-state index in [9.17, 15) is 18.0 Å². The molecule has 7 heteroatoms. The SMILES string of the molecule is CN(Cc1cnn(-c2ccccc2)c1)C(=O)/C=C/c1cccc(C(F)(F)F)c1. The lowest BCUT2D eigenvalue weighted by molar-refractivity contribution is -0.137. The van der Waals surface area contributed by atoms with Crippen molar-refractivity contribution in [2.24, 2.45) is 0 Å². The van der Waals surface area contributed by atoms with Crippen molar-refractivity contribution in [1.29, 1.82) is 0 Å². The summed E-state index contributed by atoms with van der Waals surface area (Å²) in [6.07, 6.45) is 1.73. The van der Waals surface area contributed by atoms with E-state index in [0.717, 1.165) is 23.4 Å². The Labute approximate surface area is 160 Å². The van der Waals surface area contributed by atoms with Crippen LogP contribution in [0.3, 0.4) is 0 Å². The van der Waals surface area contributed by atoms with Crippen LogP contribution in [0.15, 0.2) is 73.1 Å². The lowest BCUT2D eigenvalue weighted by Gasteiger charge is -2.13. The average Bonchev–Trinajstić information content (AvgIpc) is 3.15. The number of rotatable bonds is 5. The molecule has 0 radical (unpaired) electrons. The number of likely N-dealkylation sites (N-methyl/N-ethyl adjacent to an activating group) is 1. The van der Waals surface area contributed by atoms with Crippen molar-refractivity contribution in [3.8, 4) is 5.69 Å². The molecule has 28 heavy (non-hydrogen) atoms. The molecule has 0 fully saturated rings. The monoisotopic (exact) mass is 385 g/mol. The minimum Gasteiger partial charge on any atom is -0.338 e. The highest BCUT2D eigenvalue weighted by Gasteiger charge is 2.30. The summed E-state index contributed by atoms with van der Waals surface area (Å²) in [6, 6.07) is 14.4. The number of alkyl halides is 3. The van der Waals surface area contributed by atoms with E-state index in [1.54, 1.807) is 17.9 Å². The molecule has 0 saturated heterocycles. The Morgan fingerprint density at radius 1 is 1.14 bits per heavy atom. The Hall–Kier alpha value is -3.35. The molecular formula is C21H18F3N3O. The quantitative estimate of drug-likeness (QED) is 0.604. The molecule has 1 aromatic heterocycles. The Kier molecular flexibility index (Phi) is 5.63. The number of hydrogen-bond donors (Lipinski definition) is 0. The van der Waals surface area contributed by atoms with Gasteiger partial charge in [0.15, 0.2) is 0 Å². The second-order valence-electron chi connectivity index (χ2n) is 6.28. The van der Waals surface area contributed by atoms with E-state index in [1.165, 1.54) is 29.2 Å². The van der Waals surface area contributed by atoms with Crippen molar-refractivity contribution in [3.63, 3.8) is 0 Å². The molecule has 3 aromatic rings. The summed E-state index contributed by atoms with van der Waals surface area (Å²) < 4.78 is 40.0. The van der Waals surface area contributed by atoms with Gasteiger partial charge in [-0.25, -0.2) is 4.68 Å². The van der Waals surface area contributed by atoms with Crippen LogP contribution in [0.4, 0.5) is 13.2 Å². The molecule has 0 aliphatic heterocycles. The number of amides is 1. The second kappa shape index (κ2) is 8.12. The van der Waals surface area contributed by atoms with Crippen molar-refractivity contribution in [3.05, 3.63) is 89.8 Å². The maximum atomic E-state index is 12.8. The molecule has 0 atom stereocenters. The number of halogens is 3. The number of benzene rings is 2. The van der Waals surface area contributed by atoms with Gasteiger partial charge in [0, 0.05) is 31.4 Å². The van der Waals surface area contributed by atoms with Crippen LogP contribution in [0, 0.1) is 0 Å². The van der Waals surface area contributed by atoms with Crippen LogP contribution in [0.1, 0.15) is 16.7 Å². The molecule has 0 aliphatic rings. The number of aromatic nitrogens is 2. The van der Waals surface area contributed by atoms with E-state index in [0.29, 0.717) is 12.1 Å². The number of hydrogen-bond acceptors (Lipinski definition) is 2. The highest BCUT2D eigenvalue weighted by atomic mass is 19.4. The third-order valence-corrected chi connectivity index (χ3v) is 4.09. The Bertz CT molecular complexity index is 978. The van der Waals surface area contributed by atoms with Crippen LogP contribution in [0.2, 0.25) is 0 Å². The molecule has 4 nitrogen and oxygen atoms in total. The smallest absolute Gasteiger partial charge is 0.338 e. The summed E-state index contributed by atoms with van der Waals surface area (Å²) in [7, 11) is 1.62. The van der Waals surface area contributed by atoms with Crippen LogP contribution in [-0.2, 0) is 17.5 Å². The summed E-state index contributed by atoms with van der Waals surface area (Å²) in [5, 5.41) is 4.28. The van der Waals surface area contributed by atoms with Crippen LogP contribution in [0.5, 0.6) is 0 Å². The van der Waals surface area contributed by atoms with E-state index in [-0.39, 0.29) is 5.91 Å². The van der Waals surface area contributed by atoms with Crippen molar-refractivity contribution in [2.45, 2.75) is 12.7 Å². The summed E-state index contributed by atoms with van der Waals surface area (Å²) in [5.74, 6) is -0.315. The zero-order valence-corrected chi connectivity index (χ0v) is 15.1. The normalized spacial score (nSPS) is 11.7. The van der Waals surface area contributed by atoms with Gasteiger partial charge in [-0.2, -0.15) is 18.3 Å². The molecule has 1 amide bonds. The molecule has 144 valence electrons. The fourth-order valence-corrected chi connectivity index (χ4v) is 2.63. The summed E-state index contributed by atoms with van der Waals surface area (Å²) in [5.41, 5.74) is 1.32. The fourth-order valence-electron chi connectivity index (χ4n) is 2.63. The topological polar surface area (TPSA) is 38.1 Å². The molecule has 0 aliphatic carbocycles. The first-order valence-electron chi connectivity index (χ1n) is 8.52. The first kappa shape index (κ1) is 19.4. The van der Waals surface area contributed by atoms with E-state index in [1.807, 2.05) is 36.5 Å². The van der Waals surface area contributed by atoms with Gasteiger partial charge in [-0.1, -0.05) is 30.3 Å². The van der Waals surface area contributed by atoms with Crippen LogP contribution in [0.25, 0.3) is 11.8 Å². The van der Waals surface area contributed by atoms with Gasteiger partial charge in [0.1, 0.15) is 0 Å². The lowest BCUT2D eigenvalue weighted by Crippen LogP contribution is -2.23. The number of nitrogens with zero attached hydrogens (tertiary/aromatic N) is 3. The molecule has 2 aromatic carbocycles.